The van der Waals surface area contributed by atoms with E-state index in [1.54, 1.807) is 42.5 Å². The number of nitrogens with one attached hydrogen (secondary N) is 2. The van der Waals surface area contributed by atoms with Gasteiger partial charge in [0.2, 0.25) is 0 Å². The molecule has 2 N–H and O–H groups in total. The average Bonchev–Trinajstić information content (AvgIpc) is 2.91. The minimum absolute atomic E-state index is 0.205. The van der Waals surface area contributed by atoms with E-state index in [2.05, 4.69) is 15.3 Å². The van der Waals surface area contributed by atoms with Crippen molar-refractivity contribution >= 4 is 34.2 Å². The van der Waals surface area contributed by atoms with E-state index in [9.17, 15) is 4.79 Å². The molecule has 0 saturated heterocycles. The van der Waals surface area contributed by atoms with E-state index in [1.807, 2.05) is 6.07 Å². The first-order valence-electron chi connectivity index (χ1n) is 6.12. The summed E-state index contributed by atoms with van der Waals surface area (Å²) in [6.07, 6.45) is 0. The molecule has 0 radical (unpaired) electrons. The Morgan fingerprint density at radius 2 is 2.00 bits per heavy atom. The second kappa shape index (κ2) is 5.27. The molecule has 0 atom stereocenters. The summed E-state index contributed by atoms with van der Waals surface area (Å²) in [5.74, 6) is -0.149. The number of H-pyrrole nitrogens is 1. The Hall–Kier alpha value is -2.84. The number of nitriles is 1. The quantitative estimate of drug-likeness (QED) is 0.761. The first-order valence-corrected chi connectivity index (χ1v) is 6.50. The molecule has 102 valence electrons. The van der Waals surface area contributed by atoms with E-state index in [-0.39, 0.29) is 11.7 Å². The number of aromatic amines is 1. The Kier molecular flexibility index (Phi) is 3.30. The highest BCUT2D eigenvalue weighted by molar-refractivity contribution is 6.31. The van der Waals surface area contributed by atoms with Crippen molar-refractivity contribution in [1.29, 1.82) is 5.26 Å². The lowest BCUT2D eigenvalue weighted by molar-refractivity contribution is 0.101. The van der Waals surface area contributed by atoms with Gasteiger partial charge in [-0.2, -0.15) is 5.26 Å². The van der Waals surface area contributed by atoms with Crippen LogP contribution in [-0.4, -0.2) is 15.9 Å². The number of benzene rings is 2. The molecule has 1 amide bonds. The molecule has 0 saturated carbocycles. The molecule has 0 fully saturated rings. The van der Waals surface area contributed by atoms with Crippen molar-refractivity contribution in [3.05, 3.63) is 58.9 Å². The van der Waals surface area contributed by atoms with Gasteiger partial charge in [-0.3, -0.25) is 4.79 Å². The second-order valence-electron chi connectivity index (χ2n) is 4.39. The largest absolute Gasteiger partial charge is 0.334 e. The van der Waals surface area contributed by atoms with Crippen molar-refractivity contribution in [1.82, 2.24) is 9.97 Å². The number of amides is 1. The molecule has 0 unspecified atom stereocenters. The van der Waals surface area contributed by atoms with Crippen molar-refractivity contribution in [2.45, 2.75) is 0 Å². The summed E-state index contributed by atoms with van der Waals surface area (Å²) in [6, 6.07) is 13.8. The molecule has 0 bridgehead atoms. The SMILES string of the molecule is N#Cc1ccc(NC(=O)c2nc3ccc(Cl)cc3[nH]2)cc1. The molecule has 2 aromatic carbocycles. The number of nitrogens with zero attached hydrogens (tertiary/aromatic N) is 2. The fraction of sp³-hybridized carbons (Fsp3) is 0. The third-order valence-corrected chi connectivity index (χ3v) is 3.17. The van der Waals surface area contributed by atoms with Gasteiger partial charge in [-0.25, -0.2) is 4.98 Å². The summed E-state index contributed by atoms with van der Waals surface area (Å²) in [5.41, 5.74) is 2.50. The van der Waals surface area contributed by atoms with Crippen LogP contribution >= 0.6 is 11.6 Å². The van der Waals surface area contributed by atoms with Gasteiger partial charge in [0.25, 0.3) is 5.91 Å². The van der Waals surface area contributed by atoms with Crippen LogP contribution in [0.25, 0.3) is 11.0 Å². The maximum absolute atomic E-state index is 12.1. The fourth-order valence-corrected chi connectivity index (χ4v) is 2.08. The lowest BCUT2D eigenvalue weighted by atomic mass is 10.2. The maximum atomic E-state index is 12.1. The Morgan fingerprint density at radius 1 is 1.24 bits per heavy atom. The molecule has 5 nitrogen and oxygen atoms in total. The van der Waals surface area contributed by atoms with Crippen LogP contribution in [0.5, 0.6) is 0 Å². The van der Waals surface area contributed by atoms with Crippen LogP contribution in [0, 0.1) is 11.3 Å². The van der Waals surface area contributed by atoms with E-state index < -0.39 is 0 Å². The predicted molar refractivity (Wildman–Crippen MR) is 80.2 cm³/mol. The van der Waals surface area contributed by atoms with E-state index >= 15 is 0 Å². The van der Waals surface area contributed by atoms with Crippen LogP contribution in [0.4, 0.5) is 5.69 Å². The molecule has 6 heteroatoms. The first-order chi connectivity index (χ1) is 10.2. The molecule has 3 aromatic rings. The summed E-state index contributed by atoms with van der Waals surface area (Å²) >= 11 is 5.89. The number of aromatic nitrogens is 2. The van der Waals surface area contributed by atoms with Gasteiger partial charge >= 0.3 is 0 Å². The third-order valence-electron chi connectivity index (χ3n) is 2.93. The highest BCUT2D eigenvalue weighted by Gasteiger charge is 2.11. The minimum atomic E-state index is -0.355. The summed E-state index contributed by atoms with van der Waals surface area (Å²) in [5, 5.41) is 12.0. The highest BCUT2D eigenvalue weighted by Crippen LogP contribution is 2.18. The first kappa shape index (κ1) is 13.2. The number of hydrogen-bond donors (Lipinski definition) is 2. The third kappa shape index (κ3) is 2.71. The number of carbonyl (C=O) groups is 1. The fourth-order valence-electron chi connectivity index (χ4n) is 1.91. The Labute approximate surface area is 125 Å². The lowest BCUT2D eigenvalue weighted by Gasteiger charge is -2.02. The number of anilines is 1. The van der Waals surface area contributed by atoms with E-state index in [1.165, 1.54) is 0 Å². The number of hydrogen-bond acceptors (Lipinski definition) is 3. The van der Waals surface area contributed by atoms with Crippen LogP contribution in [0.15, 0.2) is 42.5 Å². The Balaban J connectivity index is 1.84. The summed E-state index contributed by atoms with van der Waals surface area (Å²) in [7, 11) is 0. The van der Waals surface area contributed by atoms with Crippen LogP contribution < -0.4 is 5.32 Å². The number of imidazole rings is 1. The van der Waals surface area contributed by atoms with Crippen molar-refractivity contribution in [3.8, 4) is 6.07 Å². The van der Waals surface area contributed by atoms with Crippen molar-refractivity contribution in [2.75, 3.05) is 5.32 Å². The molecule has 0 spiro atoms. The Bertz CT molecular complexity index is 862. The maximum Gasteiger partial charge on any atom is 0.291 e. The summed E-state index contributed by atoms with van der Waals surface area (Å²) < 4.78 is 0. The summed E-state index contributed by atoms with van der Waals surface area (Å²) in [4.78, 5) is 19.2. The second-order valence-corrected chi connectivity index (χ2v) is 4.83. The van der Waals surface area contributed by atoms with E-state index in [0.717, 1.165) is 0 Å². The summed E-state index contributed by atoms with van der Waals surface area (Å²) in [6.45, 7) is 0. The van der Waals surface area contributed by atoms with Gasteiger partial charge < -0.3 is 10.3 Å². The zero-order chi connectivity index (χ0) is 14.8. The average molecular weight is 297 g/mol. The van der Waals surface area contributed by atoms with Gasteiger partial charge in [0.1, 0.15) is 0 Å². The van der Waals surface area contributed by atoms with Crippen molar-refractivity contribution < 1.29 is 4.79 Å². The monoisotopic (exact) mass is 296 g/mol. The molecule has 21 heavy (non-hydrogen) atoms. The zero-order valence-electron chi connectivity index (χ0n) is 10.7. The van der Waals surface area contributed by atoms with Gasteiger partial charge in [0, 0.05) is 10.7 Å². The normalized spacial score (nSPS) is 10.3. The number of rotatable bonds is 2. The molecular formula is C15H9ClN4O. The molecule has 0 aliphatic carbocycles. The van der Waals surface area contributed by atoms with Gasteiger partial charge in [-0.05, 0) is 42.5 Å². The van der Waals surface area contributed by atoms with Crippen LogP contribution in [0.1, 0.15) is 16.2 Å². The van der Waals surface area contributed by atoms with E-state index in [4.69, 9.17) is 16.9 Å². The minimum Gasteiger partial charge on any atom is -0.334 e. The standard InChI is InChI=1S/C15H9ClN4O/c16-10-3-6-12-13(7-10)20-14(19-12)15(21)18-11-4-1-9(8-17)2-5-11/h1-7H,(H,18,21)(H,19,20). The number of fused-ring (bicyclic) bond motifs is 1. The molecular weight excluding hydrogens is 288 g/mol. The van der Waals surface area contributed by atoms with Gasteiger partial charge in [0.05, 0.1) is 22.7 Å². The molecule has 1 heterocycles. The predicted octanol–water partition coefficient (Wildman–Crippen LogP) is 3.34. The molecule has 3 rings (SSSR count). The lowest BCUT2D eigenvalue weighted by Crippen LogP contribution is -2.13. The number of halogens is 1. The van der Waals surface area contributed by atoms with Crippen LogP contribution in [0.2, 0.25) is 5.02 Å². The topological polar surface area (TPSA) is 81.6 Å². The molecule has 0 aliphatic rings. The van der Waals surface area contributed by atoms with Gasteiger partial charge in [-0.15, -0.1) is 0 Å². The van der Waals surface area contributed by atoms with Crippen molar-refractivity contribution in [2.24, 2.45) is 0 Å². The van der Waals surface area contributed by atoms with Crippen molar-refractivity contribution in [3.63, 3.8) is 0 Å². The smallest absolute Gasteiger partial charge is 0.291 e. The van der Waals surface area contributed by atoms with Crippen LogP contribution in [-0.2, 0) is 0 Å². The zero-order valence-corrected chi connectivity index (χ0v) is 11.5. The van der Waals surface area contributed by atoms with Gasteiger partial charge in [0.15, 0.2) is 5.82 Å². The van der Waals surface area contributed by atoms with E-state index in [0.29, 0.717) is 27.3 Å². The van der Waals surface area contributed by atoms with Gasteiger partial charge in [-0.1, -0.05) is 11.6 Å². The molecule has 1 aromatic heterocycles. The highest BCUT2D eigenvalue weighted by atomic mass is 35.5. The Morgan fingerprint density at radius 3 is 2.71 bits per heavy atom. The number of carbonyl (C=O) groups excluding carboxylic acids is 1. The molecule has 0 aliphatic heterocycles. The van der Waals surface area contributed by atoms with Crippen LogP contribution in [0.3, 0.4) is 0 Å².